The number of halogens is 1. The number of hydrogen-bond donors (Lipinski definition) is 0. The summed E-state index contributed by atoms with van der Waals surface area (Å²) in [5, 5.41) is 0.691. The molecule has 4 rings (SSSR count). The summed E-state index contributed by atoms with van der Waals surface area (Å²) in [6, 6.07) is 15.8. The van der Waals surface area contributed by atoms with Gasteiger partial charge in [0.15, 0.2) is 0 Å². The predicted octanol–water partition coefficient (Wildman–Crippen LogP) is 4.10. The van der Waals surface area contributed by atoms with Gasteiger partial charge in [-0.3, -0.25) is 4.79 Å². The number of para-hydroxylation sites is 1. The predicted molar refractivity (Wildman–Crippen MR) is 92.6 cm³/mol. The van der Waals surface area contributed by atoms with Crippen LogP contribution in [0.25, 0.3) is 22.6 Å². The van der Waals surface area contributed by atoms with Crippen LogP contribution in [0.3, 0.4) is 0 Å². The van der Waals surface area contributed by atoms with Gasteiger partial charge in [0.25, 0.3) is 5.56 Å². The Bertz CT molecular complexity index is 955. The molecule has 1 aromatic heterocycles. The van der Waals surface area contributed by atoms with E-state index in [0.29, 0.717) is 5.39 Å². The molecule has 0 saturated heterocycles. The molecule has 108 valence electrons. The van der Waals surface area contributed by atoms with Crippen molar-refractivity contribution < 1.29 is 0 Å². The highest BCUT2D eigenvalue weighted by molar-refractivity contribution is 9.10. The summed E-state index contributed by atoms with van der Waals surface area (Å²) in [7, 11) is 0. The minimum atomic E-state index is -0.148. The molecule has 0 bridgehead atoms. The summed E-state index contributed by atoms with van der Waals surface area (Å²) in [4.78, 5) is 16.5. The lowest BCUT2D eigenvalue weighted by molar-refractivity contribution is 0.772. The van der Waals surface area contributed by atoms with Crippen LogP contribution in [-0.2, 0) is 6.54 Å². The molecule has 2 aromatic carbocycles. The van der Waals surface area contributed by atoms with Crippen molar-refractivity contribution in [2.24, 2.45) is 0 Å². The van der Waals surface area contributed by atoms with Gasteiger partial charge in [0, 0.05) is 11.0 Å². The van der Waals surface area contributed by atoms with Crippen LogP contribution in [0, 0.1) is 0 Å². The van der Waals surface area contributed by atoms with Crippen molar-refractivity contribution >= 4 is 38.5 Å². The minimum absolute atomic E-state index is 0.148. The number of nitrogens with zero attached hydrogens (tertiary/aromatic N) is 2. The second kappa shape index (κ2) is 5.21. The maximum Gasteiger partial charge on any atom is 0.281 e. The van der Waals surface area contributed by atoms with Crippen LogP contribution in [0.1, 0.15) is 17.8 Å². The van der Waals surface area contributed by atoms with Crippen molar-refractivity contribution in [3.8, 4) is 0 Å². The van der Waals surface area contributed by atoms with Crippen molar-refractivity contribution in [1.29, 1.82) is 0 Å². The summed E-state index contributed by atoms with van der Waals surface area (Å²) in [6.45, 7) is 0.867. The van der Waals surface area contributed by atoms with Gasteiger partial charge in [0.1, 0.15) is 5.82 Å². The Morgan fingerprint density at radius 3 is 2.68 bits per heavy atom. The lowest BCUT2D eigenvalue weighted by Gasteiger charge is -2.07. The fourth-order valence-corrected chi connectivity index (χ4v) is 3.20. The van der Waals surface area contributed by atoms with Crippen LogP contribution in [0.15, 0.2) is 57.8 Å². The highest BCUT2D eigenvalue weighted by Gasteiger charge is 2.20. The zero-order valence-electron chi connectivity index (χ0n) is 11.8. The molecule has 2 heterocycles. The molecule has 0 N–H and O–H groups in total. The number of aromatic nitrogens is 2. The van der Waals surface area contributed by atoms with E-state index in [-0.39, 0.29) is 5.56 Å². The number of allylic oxidation sites excluding steroid dienone is 1. The Morgan fingerprint density at radius 1 is 1.09 bits per heavy atom. The standard InChI is InChI=1S/C18H13BrN2O/c19-14-7-5-12(6-8-14)11-13-9-10-21-16-4-2-1-3-15(16)18(22)20-17(13)21/h1-8,11H,9-10H2/b13-11-. The van der Waals surface area contributed by atoms with Gasteiger partial charge in [-0.15, -0.1) is 0 Å². The maximum absolute atomic E-state index is 12.2. The molecule has 4 heteroatoms. The third-order valence-corrected chi connectivity index (χ3v) is 4.52. The van der Waals surface area contributed by atoms with Crippen molar-refractivity contribution in [3.05, 3.63) is 74.7 Å². The molecule has 0 amide bonds. The zero-order chi connectivity index (χ0) is 15.1. The van der Waals surface area contributed by atoms with E-state index in [2.05, 4.69) is 43.7 Å². The molecule has 0 spiro atoms. The van der Waals surface area contributed by atoms with Gasteiger partial charge >= 0.3 is 0 Å². The third-order valence-electron chi connectivity index (χ3n) is 3.99. The Labute approximate surface area is 136 Å². The van der Waals surface area contributed by atoms with Gasteiger partial charge in [-0.2, -0.15) is 4.98 Å². The van der Waals surface area contributed by atoms with Gasteiger partial charge in [0.2, 0.25) is 0 Å². The second-order valence-electron chi connectivity index (χ2n) is 5.38. The van der Waals surface area contributed by atoms with E-state index in [1.54, 1.807) is 0 Å². The van der Waals surface area contributed by atoms with Crippen LogP contribution < -0.4 is 5.56 Å². The quantitative estimate of drug-likeness (QED) is 0.660. The zero-order valence-corrected chi connectivity index (χ0v) is 13.4. The number of rotatable bonds is 1. The number of aryl methyl sites for hydroxylation is 1. The molecule has 0 atom stereocenters. The van der Waals surface area contributed by atoms with Crippen molar-refractivity contribution in [2.45, 2.75) is 13.0 Å². The fraction of sp³-hybridized carbons (Fsp3) is 0.111. The molecule has 0 saturated carbocycles. The van der Waals surface area contributed by atoms with Gasteiger partial charge in [0.05, 0.1) is 10.9 Å². The third kappa shape index (κ3) is 2.20. The average Bonchev–Trinajstić information content (AvgIpc) is 2.93. The van der Waals surface area contributed by atoms with Crippen LogP contribution >= 0.6 is 15.9 Å². The molecule has 0 aliphatic carbocycles. The second-order valence-corrected chi connectivity index (χ2v) is 6.30. The monoisotopic (exact) mass is 352 g/mol. The molecule has 0 radical (unpaired) electrons. The van der Waals surface area contributed by atoms with E-state index in [4.69, 9.17) is 0 Å². The van der Waals surface area contributed by atoms with Crippen LogP contribution in [0.2, 0.25) is 0 Å². The van der Waals surface area contributed by atoms with E-state index >= 15 is 0 Å². The van der Waals surface area contributed by atoms with Crippen molar-refractivity contribution in [1.82, 2.24) is 9.55 Å². The van der Waals surface area contributed by atoms with Gasteiger partial charge in [-0.1, -0.05) is 40.2 Å². The average molecular weight is 353 g/mol. The van der Waals surface area contributed by atoms with Gasteiger partial charge < -0.3 is 4.57 Å². The summed E-state index contributed by atoms with van der Waals surface area (Å²) >= 11 is 3.44. The van der Waals surface area contributed by atoms with Gasteiger partial charge in [-0.25, -0.2) is 0 Å². The first kappa shape index (κ1) is 13.5. The molecule has 1 aliphatic rings. The summed E-state index contributed by atoms with van der Waals surface area (Å²) in [5.41, 5.74) is 3.06. The summed E-state index contributed by atoms with van der Waals surface area (Å²) in [5.74, 6) is 0.798. The van der Waals surface area contributed by atoms with Crippen LogP contribution in [0.5, 0.6) is 0 Å². The lowest BCUT2D eigenvalue weighted by Crippen LogP contribution is -2.14. The first-order chi connectivity index (χ1) is 10.7. The Kier molecular flexibility index (Phi) is 3.19. The van der Waals surface area contributed by atoms with E-state index < -0.39 is 0 Å². The number of benzene rings is 2. The van der Waals surface area contributed by atoms with Gasteiger partial charge in [-0.05, 0) is 47.9 Å². The van der Waals surface area contributed by atoms with E-state index in [1.807, 2.05) is 36.4 Å². The molecule has 3 aromatic rings. The Morgan fingerprint density at radius 2 is 1.86 bits per heavy atom. The largest absolute Gasteiger partial charge is 0.325 e. The molecular weight excluding hydrogens is 340 g/mol. The first-order valence-corrected chi connectivity index (χ1v) is 7.98. The molecule has 22 heavy (non-hydrogen) atoms. The molecule has 1 aliphatic heterocycles. The maximum atomic E-state index is 12.2. The molecular formula is C18H13BrN2O. The minimum Gasteiger partial charge on any atom is -0.325 e. The van der Waals surface area contributed by atoms with E-state index in [9.17, 15) is 4.79 Å². The Balaban J connectivity index is 1.89. The summed E-state index contributed by atoms with van der Waals surface area (Å²) < 4.78 is 3.20. The number of hydrogen-bond acceptors (Lipinski definition) is 2. The first-order valence-electron chi connectivity index (χ1n) is 7.18. The summed E-state index contributed by atoms with van der Waals surface area (Å²) in [6.07, 6.45) is 3.02. The molecule has 0 fully saturated rings. The van der Waals surface area contributed by atoms with Crippen molar-refractivity contribution in [2.75, 3.05) is 0 Å². The highest BCUT2D eigenvalue weighted by Crippen LogP contribution is 2.29. The molecule has 3 nitrogen and oxygen atoms in total. The topological polar surface area (TPSA) is 34.9 Å². The smallest absolute Gasteiger partial charge is 0.281 e. The Hall–Kier alpha value is -2.20. The molecule has 0 unspecified atom stereocenters. The fourth-order valence-electron chi connectivity index (χ4n) is 2.93. The normalized spacial score (nSPS) is 15.4. The SMILES string of the molecule is O=c1nc2n(c3ccccc13)CC/C2=C/c1ccc(Br)cc1. The van der Waals surface area contributed by atoms with Crippen LogP contribution in [0.4, 0.5) is 0 Å². The van der Waals surface area contributed by atoms with Crippen LogP contribution in [-0.4, -0.2) is 9.55 Å². The van der Waals surface area contributed by atoms with E-state index in [0.717, 1.165) is 39.9 Å². The van der Waals surface area contributed by atoms with E-state index in [1.165, 1.54) is 0 Å². The van der Waals surface area contributed by atoms with Crippen molar-refractivity contribution in [3.63, 3.8) is 0 Å². The lowest BCUT2D eigenvalue weighted by atomic mass is 10.1. The number of fused-ring (bicyclic) bond motifs is 3. The highest BCUT2D eigenvalue weighted by atomic mass is 79.9.